The van der Waals surface area contributed by atoms with E-state index in [2.05, 4.69) is 4.74 Å². The topological polar surface area (TPSA) is 43.4 Å². The molecule has 0 radical (unpaired) electrons. The van der Waals surface area contributed by atoms with Crippen molar-refractivity contribution in [1.82, 2.24) is 0 Å². The van der Waals surface area contributed by atoms with E-state index >= 15 is 0 Å². The molecule has 0 saturated carbocycles. The molecule has 0 N–H and O–H groups in total. The summed E-state index contributed by atoms with van der Waals surface area (Å²) in [6.07, 6.45) is -12.0. The highest BCUT2D eigenvalue weighted by Crippen LogP contribution is 2.64. The van der Waals surface area contributed by atoms with Crippen molar-refractivity contribution in [1.29, 1.82) is 0 Å². The third kappa shape index (κ3) is 3.75. The summed E-state index contributed by atoms with van der Waals surface area (Å²) in [5.74, 6) is -65.4. The molecule has 0 amide bonds. The number of esters is 2. The maximum absolute atomic E-state index is 13.9. The Morgan fingerprint density at radius 1 is 0.485 bits per heavy atom. The van der Waals surface area contributed by atoms with E-state index in [0.29, 0.717) is 0 Å². The minimum atomic E-state index is -8.73. The molecule has 0 unspecified atom stereocenters. The second-order valence-corrected chi connectivity index (χ2v) is 6.52. The van der Waals surface area contributed by atoms with Crippen LogP contribution in [0.1, 0.15) is 12.8 Å². The van der Waals surface area contributed by atoms with Gasteiger partial charge in [-0.05, 0) is 0 Å². The molecule has 3 nitrogen and oxygen atoms in total. The van der Waals surface area contributed by atoms with Gasteiger partial charge in [-0.25, -0.2) is 0 Å². The Bertz CT molecular complexity index is 780. The van der Waals surface area contributed by atoms with Crippen LogP contribution >= 0.6 is 0 Å². The van der Waals surface area contributed by atoms with Crippen molar-refractivity contribution in [2.24, 2.45) is 5.92 Å². The van der Waals surface area contributed by atoms with Gasteiger partial charge in [0.15, 0.2) is 0 Å². The van der Waals surface area contributed by atoms with E-state index in [-0.39, 0.29) is 0 Å². The molecule has 33 heavy (non-hydrogen) atoms. The SMILES string of the molecule is O=C1CC(C(F)(F)C(F)(F)C(F)(F)C(F)(F)C(F)(F)C(F)(F)C(F)(F)C(F)(F)F)CC(=O)O1. The van der Waals surface area contributed by atoms with E-state index in [1.165, 1.54) is 0 Å². The van der Waals surface area contributed by atoms with Crippen LogP contribution in [0.25, 0.3) is 0 Å². The number of ether oxygens (including phenoxy) is 1. The monoisotopic (exact) mass is 532 g/mol. The zero-order chi connectivity index (χ0) is 26.9. The van der Waals surface area contributed by atoms with E-state index in [4.69, 9.17) is 0 Å². The van der Waals surface area contributed by atoms with Gasteiger partial charge in [0.2, 0.25) is 0 Å². The lowest BCUT2D eigenvalue weighted by Gasteiger charge is -2.44. The summed E-state index contributed by atoms with van der Waals surface area (Å²) >= 11 is 0. The normalized spacial score (nSPS) is 19.1. The van der Waals surface area contributed by atoms with Gasteiger partial charge in [0.05, 0.1) is 18.8 Å². The molecule has 0 bridgehead atoms. The van der Waals surface area contributed by atoms with Crippen molar-refractivity contribution >= 4 is 11.9 Å². The zero-order valence-corrected chi connectivity index (χ0v) is 14.6. The molecule has 0 atom stereocenters. The number of hydrogen-bond acceptors (Lipinski definition) is 3. The van der Waals surface area contributed by atoms with E-state index in [1.807, 2.05) is 0 Å². The molecule has 1 rings (SSSR count). The van der Waals surface area contributed by atoms with Crippen LogP contribution in [-0.4, -0.2) is 59.6 Å². The Hall–Kier alpha value is -2.05. The Labute approximate surface area is 168 Å². The smallest absolute Gasteiger partial charge is 0.393 e. The van der Waals surface area contributed by atoms with Gasteiger partial charge in [0.25, 0.3) is 0 Å². The van der Waals surface area contributed by atoms with Crippen molar-refractivity contribution in [3.05, 3.63) is 0 Å². The highest BCUT2D eigenvalue weighted by molar-refractivity contribution is 5.88. The first-order valence-electron chi connectivity index (χ1n) is 7.59. The molecule has 0 aliphatic carbocycles. The highest BCUT2D eigenvalue weighted by atomic mass is 19.4. The van der Waals surface area contributed by atoms with Crippen LogP contribution in [0.5, 0.6) is 0 Å². The molecule has 0 aromatic rings. The van der Waals surface area contributed by atoms with Gasteiger partial charge in [0.1, 0.15) is 0 Å². The Balaban J connectivity index is 3.63. The summed E-state index contributed by atoms with van der Waals surface area (Å²) < 4.78 is 227. The summed E-state index contributed by atoms with van der Waals surface area (Å²) in [6, 6.07) is 0. The quantitative estimate of drug-likeness (QED) is 0.248. The van der Waals surface area contributed by atoms with Crippen molar-refractivity contribution < 1.29 is 89.0 Å². The van der Waals surface area contributed by atoms with Crippen LogP contribution in [-0.2, 0) is 14.3 Å². The minimum absolute atomic E-state index is 2.10. The third-order valence-electron chi connectivity index (χ3n) is 4.31. The largest absolute Gasteiger partial charge is 0.460 e. The molecule has 194 valence electrons. The molecule has 20 heteroatoms. The van der Waals surface area contributed by atoms with Crippen LogP contribution < -0.4 is 0 Å². The molecular weight excluding hydrogens is 527 g/mol. The molecule has 1 heterocycles. The van der Waals surface area contributed by atoms with Crippen LogP contribution in [0.4, 0.5) is 74.6 Å². The number of carbonyl (C=O) groups is 2. The fraction of sp³-hybridized carbons (Fsp3) is 0.846. The maximum Gasteiger partial charge on any atom is 0.460 e. The average molecular weight is 532 g/mol. The molecular formula is C13H5F17O3. The van der Waals surface area contributed by atoms with Gasteiger partial charge >= 0.3 is 59.6 Å². The second kappa shape index (κ2) is 7.47. The number of rotatable bonds is 7. The zero-order valence-electron chi connectivity index (χ0n) is 14.6. The van der Waals surface area contributed by atoms with Crippen molar-refractivity contribution in [2.45, 2.75) is 60.5 Å². The molecule has 1 saturated heterocycles. The fourth-order valence-corrected chi connectivity index (χ4v) is 2.37. The number of hydrogen-bond donors (Lipinski definition) is 0. The molecule has 0 aromatic carbocycles. The van der Waals surface area contributed by atoms with Crippen LogP contribution in [0.2, 0.25) is 0 Å². The summed E-state index contributed by atoms with van der Waals surface area (Å²) in [6.45, 7) is 0. The lowest BCUT2D eigenvalue weighted by molar-refractivity contribution is -0.463. The Morgan fingerprint density at radius 2 is 0.758 bits per heavy atom. The third-order valence-corrected chi connectivity index (χ3v) is 4.31. The van der Waals surface area contributed by atoms with Crippen molar-refractivity contribution in [3.8, 4) is 0 Å². The predicted molar refractivity (Wildman–Crippen MR) is 64.5 cm³/mol. The average Bonchev–Trinajstić information content (AvgIpc) is 2.58. The fourth-order valence-electron chi connectivity index (χ4n) is 2.37. The van der Waals surface area contributed by atoms with Gasteiger partial charge in [0, 0.05) is 0 Å². The summed E-state index contributed by atoms with van der Waals surface area (Å²) in [4.78, 5) is 21.7. The number of alkyl halides is 17. The summed E-state index contributed by atoms with van der Waals surface area (Å²) in [7, 11) is 0. The first kappa shape index (κ1) is 29.0. The molecule has 0 spiro atoms. The van der Waals surface area contributed by atoms with Gasteiger partial charge in [-0.2, -0.15) is 74.6 Å². The van der Waals surface area contributed by atoms with Crippen molar-refractivity contribution in [3.63, 3.8) is 0 Å². The first-order valence-corrected chi connectivity index (χ1v) is 7.59. The maximum atomic E-state index is 13.9. The van der Waals surface area contributed by atoms with E-state index in [0.717, 1.165) is 0 Å². The van der Waals surface area contributed by atoms with E-state index in [1.54, 1.807) is 0 Å². The van der Waals surface area contributed by atoms with Crippen molar-refractivity contribution in [2.75, 3.05) is 0 Å². The number of carbonyl (C=O) groups excluding carboxylic acids is 2. The van der Waals surface area contributed by atoms with Crippen LogP contribution in [0.3, 0.4) is 0 Å². The lowest BCUT2D eigenvalue weighted by atomic mass is 9.82. The molecule has 1 aliphatic rings. The lowest BCUT2D eigenvalue weighted by Crippen LogP contribution is -2.75. The highest BCUT2D eigenvalue weighted by Gasteiger charge is 2.95. The Morgan fingerprint density at radius 3 is 1.06 bits per heavy atom. The Kier molecular flexibility index (Phi) is 6.56. The summed E-state index contributed by atoms with van der Waals surface area (Å²) in [5, 5.41) is 0. The van der Waals surface area contributed by atoms with Crippen LogP contribution in [0, 0.1) is 5.92 Å². The van der Waals surface area contributed by atoms with E-state index < -0.39 is 78.3 Å². The van der Waals surface area contributed by atoms with Gasteiger partial charge in [-0.3, -0.25) is 9.59 Å². The minimum Gasteiger partial charge on any atom is -0.393 e. The van der Waals surface area contributed by atoms with Crippen LogP contribution in [0.15, 0.2) is 0 Å². The summed E-state index contributed by atoms with van der Waals surface area (Å²) in [5.41, 5.74) is 0. The van der Waals surface area contributed by atoms with Gasteiger partial charge in [-0.15, -0.1) is 0 Å². The first-order chi connectivity index (χ1) is 14.1. The molecule has 1 aliphatic heterocycles. The molecule has 0 aromatic heterocycles. The number of halogens is 17. The second-order valence-electron chi connectivity index (χ2n) is 6.52. The van der Waals surface area contributed by atoms with E-state index in [9.17, 15) is 84.2 Å². The van der Waals surface area contributed by atoms with Gasteiger partial charge in [-0.1, -0.05) is 0 Å². The van der Waals surface area contributed by atoms with Gasteiger partial charge < -0.3 is 4.74 Å². The number of cyclic esters (lactones) is 2. The standard InChI is InChI=1S/C13H5F17O3/c14-6(15,3-1-4(31)33-5(32)2-3)7(16,17)8(18,19)9(20,21)10(22,23)11(24,25)12(26,27)13(28,29)30/h3H,1-2H2. The predicted octanol–water partition coefficient (Wildman–Crippen LogP) is 5.48. The molecule has 1 fully saturated rings.